The lowest BCUT2D eigenvalue weighted by atomic mass is 10.4. The number of rotatable bonds is 3. The Labute approximate surface area is 77.2 Å². The van der Waals surface area contributed by atoms with Crippen LogP contribution in [0.1, 0.15) is 0 Å². The molecule has 0 unspecified atom stereocenters. The maximum absolute atomic E-state index is 10.3. The van der Waals surface area contributed by atoms with Crippen LogP contribution in [0.2, 0.25) is 0 Å². The molecule has 0 aromatic heterocycles. The van der Waals surface area contributed by atoms with Crippen LogP contribution in [-0.2, 0) is 9.47 Å². The van der Waals surface area contributed by atoms with Gasteiger partial charge in [-0.1, -0.05) is 12.6 Å². The van der Waals surface area contributed by atoms with Crippen LogP contribution in [-0.4, -0.2) is 49.7 Å². The molecule has 0 radical (unpaired) electrons. The lowest BCUT2D eigenvalue weighted by molar-refractivity contribution is 0.0298. The largest absolute Gasteiger partial charge is 0.456 e. The van der Waals surface area contributed by atoms with Crippen LogP contribution in [0, 0.1) is 0 Å². The normalized spacial score (nSPS) is 19.1. The molecule has 0 aromatic rings. The van der Waals surface area contributed by atoms with Crippen molar-refractivity contribution in [1.29, 1.82) is 0 Å². The van der Waals surface area contributed by atoms with E-state index in [2.05, 4.69) is 22.3 Å². The van der Waals surface area contributed by atoms with Gasteiger partial charge in [-0.3, -0.25) is 4.90 Å². The Hall–Kier alpha value is -0.260. The van der Waals surface area contributed by atoms with Gasteiger partial charge in [0.25, 0.3) is 0 Å². The van der Waals surface area contributed by atoms with E-state index >= 15 is 0 Å². The molecular formula is C7H13NO3S. The summed E-state index contributed by atoms with van der Waals surface area (Å²) in [5, 5.41) is -0.511. The number of morpholine rings is 1. The average molecular weight is 191 g/mol. The second-order valence-electron chi connectivity index (χ2n) is 2.57. The summed E-state index contributed by atoms with van der Waals surface area (Å²) in [5.74, 6) is 0. The number of nitrogens with zero attached hydrogens (tertiary/aromatic N) is 1. The van der Waals surface area contributed by atoms with E-state index in [0.29, 0.717) is 6.61 Å². The summed E-state index contributed by atoms with van der Waals surface area (Å²) in [5.41, 5.74) is 0. The second kappa shape index (κ2) is 5.40. The van der Waals surface area contributed by atoms with Gasteiger partial charge in [-0.2, -0.15) is 0 Å². The highest BCUT2D eigenvalue weighted by Crippen LogP contribution is 1.96. The van der Waals surface area contributed by atoms with E-state index in [1.807, 2.05) is 0 Å². The van der Waals surface area contributed by atoms with Gasteiger partial charge in [0, 0.05) is 19.6 Å². The SMILES string of the molecule is O=C(S)OCCN1CCOCC1. The van der Waals surface area contributed by atoms with Gasteiger partial charge in [0.15, 0.2) is 0 Å². The molecule has 12 heavy (non-hydrogen) atoms. The zero-order chi connectivity index (χ0) is 8.81. The molecular weight excluding hydrogens is 178 g/mol. The van der Waals surface area contributed by atoms with Crippen molar-refractivity contribution in [2.75, 3.05) is 39.5 Å². The summed E-state index contributed by atoms with van der Waals surface area (Å²) in [6.45, 7) is 4.58. The Balaban J connectivity index is 2.01. The molecule has 70 valence electrons. The van der Waals surface area contributed by atoms with Gasteiger partial charge in [-0.15, -0.1) is 0 Å². The zero-order valence-corrected chi connectivity index (χ0v) is 7.76. The van der Waals surface area contributed by atoms with Crippen molar-refractivity contribution in [3.05, 3.63) is 0 Å². The van der Waals surface area contributed by atoms with Gasteiger partial charge in [-0.25, -0.2) is 4.79 Å². The molecule has 1 fully saturated rings. The Bertz CT molecular complexity index is 148. The first kappa shape index (κ1) is 9.83. The lowest BCUT2D eigenvalue weighted by Crippen LogP contribution is -2.38. The van der Waals surface area contributed by atoms with Gasteiger partial charge in [0.1, 0.15) is 6.61 Å². The molecule has 0 aromatic carbocycles. The summed E-state index contributed by atoms with van der Waals surface area (Å²) < 4.78 is 9.85. The Kier molecular flexibility index (Phi) is 4.42. The third kappa shape index (κ3) is 3.94. The van der Waals surface area contributed by atoms with Crippen LogP contribution in [0.15, 0.2) is 0 Å². The number of thiol groups is 1. The molecule has 0 saturated carbocycles. The number of ether oxygens (including phenoxy) is 2. The third-order valence-corrected chi connectivity index (χ3v) is 1.87. The molecule has 1 heterocycles. The Morgan fingerprint density at radius 2 is 2.17 bits per heavy atom. The quantitative estimate of drug-likeness (QED) is 0.517. The van der Waals surface area contributed by atoms with Crippen LogP contribution < -0.4 is 0 Å². The van der Waals surface area contributed by atoms with Crippen LogP contribution >= 0.6 is 12.6 Å². The van der Waals surface area contributed by atoms with Crippen molar-refractivity contribution in [2.45, 2.75) is 0 Å². The predicted octanol–water partition coefficient (Wildman–Crippen LogP) is 0.385. The molecule has 1 saturated heterocycles. The third-order valence-electron chi connectivity index (χ3n) is 1.74. The van der Waals surface area contributed by atoms with E-state index in [4.69, 9.17) is 4.74 Å². The minimum Gasteiger partial charge on any atom is -0.456 e. The number of hydrogen-bond acceptors (Lipinski definition) is 4. The monoisotopic (exact) mass is 191 g/mol. The Morgan fingerprint density at radius 1 is 1.50 bits per heavy atom. The zero-order valence-electron chi connectivity index (χ0n) is 6.86. The molecule has 0 amide bonds. The maximum atomic E-state index is 10.3. The highest BCUT2D eigenvalue weighted by atomic mass is 32.1. The Morgan fingerprint density at radius 3 is 2.75 bits per heavy atom. The fourth-order valence-corrected chi connectivity index (χ4v) is 1.18. The molecule has 0 spiro atoms. The van der Waals surface area contributed by atoms with E-state index in [1.165, 1.54) is 0 Å². The molecule has 5 heteroatoms. The smallest absolute Gasteiger partial charge is 0.364 e. The standard InChI is InChI=1S/C7H13NO3S/c9-7(12)11-6-3-8-1-4-10-5-2-8/h1-6H2,(H,9,12). The average Bonchev–Trinajstić information content (AvgIpc) is 2.05. The van der Waals surface area contributed by atoms with Gasteiger partial charge < -0.3 is 9.47 Å². The summed E-state index contributed by atoms with van der Waals surface area (Å²) in [6.07, 6.45) is 0. The van der Waals surface area contributed by atoms with Crippen molar-refractivity contribution < 1.29 is 14.3 Å². The van der Waals surface area contributed by atoms with E-state index in [0.717, 1.165) is 32.8 Å². The van der Waals surface area contributed by atoms with E-state index in [1.54, 1.807) is 0 Å². The highest BCUT2D eigenvalue weighted by Gasteiger charge is 2.09. The number of hydrogen-bond donors (Lipinski definition) is 1. The molecule has 0 atom stereocenters. The summed E-state index contributed by atoms with van der Waals surface area (Å²) in [6, 6.07) is 0. The van der Waals surface area contributed by atoms with Gasteiger partial charge in [0.2, 0.25) is 0 Å². The fraction of sp³-hybridized carbons (Fsp3) is 0.857. The van der Waals surface area contributed by atoms with Crippen LogP contribution in [0.4, 0.5) is 4.79 Å². The van der Waals surface area contributed by atoms with Crippen molar-refractivity contribution in [2.24, 2.45) is 0 Å². The van der Waals surface area contributed by atoms with Crippen molar-refractivity contribution in [1.82, 2.24) is 4.90 Å². The predicted molar refractivity (Wildman–Crippen MR) is 47.6 cm³/mol. The maximum Gasteiger partial charge on any atom is 0.364 e. The molecule has 1 aliphatic rings. The summed E-state index contributed by atoms with van der Waals surface area (Å²) in [4.78, 5) is 12.5. The number of carbonyl (C=O) groups is 1. The van der Waals surface area contributed by atoms with Gasteiger partial charge >= 0.3 is 5.30 Å². The van der Waals surface area contributed by atoms with E-state index < -0.39 is 5.30 Å². The second-order valence-corrected chi connectivity index (χ2v) is 2.93. The topological polar surface area (TPSA) is 38.8 Å². The first-order valence-corrected chi connectivity index (χ1v) is 4.39. The van der Waals surface area contributed by atoms with Crippen molar-refractivity contribution in [3.8, 4) is 0 Å². The molecule has 0 N–H and O–H groups in total. The molecule has 1 aliphatic heterocycles. The van der Waals surface area contributed by atoms with E-state index in [-0.39, 0.29) is 0 Å². The van der Waals surface area contributed by atoms with Crippen LogP contribution in [0.5, 0.6) is 0 Å². The molecule has 0 aliphatic carbocycles. The minimum absolute atomic E-state index is 0.419. The van der Waals surface area contributed by atoms with Crippen LogP contribution in [0.3, 0.4) is 0 Å². The summed E-state index contributed by atoms with van der Waals surface area (Å²) >= 11 is 3.49. The van der Waals surface area contributed by atoms with Gasteiger partial charge in [-0.05, 0) is 0 Å². The first-order valence-electron chi connectivity index (χ1n) is 3.95. The fourth-order valence-electron chi connectivity index (χ4n) is 1.09. The molecule has 4 nitrogen and oxygen atoms in total. The number of carbonyl (C=O) groups excluding carboxylic acids is 1. The lowest BCUT2D eigenvalue weighted by Gasteiger charge is -2.25. The summed E-state index contributed by atoms with van der Waals surface area (Å²) in [7, 11) is 0. The van der Waals surface area contributed by atoms with Crippen molar-refractivity contribution in [3.63, 3.8) is 0 Å². The molecule has 1 rings (SSSR count). The van der Waals surface area contributed by atoms with Crippen LogP contribution in [0.25, 0.3) is 0 Å². The van der Waals surface area contributed by atoms with E-state index in [9.17, 15) is 4.79 Å². The van der Waals surface area contributed by atoms with Crippen molar-refractivity contribution >= 4 is 17.9 Å². The highest BCUT2D eigenvalue weighted by molar-refractivity contribution is 7.96. The molecule has 0 bridgehead atoms. The first-order chi connectivity index (χ1) is 5.79. The van der Waals surface area contributed by atoms with Gasteiger partial charge in [0.05, 0.1) is 13.2 Å². The minimum atomic E-state index is -0.511.